The highest BCUT2D eigenvalue weighted by Gasteiger charge is 2.51. The zero-order valence-electron chi connectivity index (χ0n) is 21.7. The van der Waals surface area contributed by atoms with Crippen molar-refractivity contribution in [3.63, 3.8) is 0 Å². The lowest BCUT2D eigenvalue weighted by molar-refractivity contribution is -0.145. The van der Waals surface area contributed by atoms with Crippen LogP contribution in [0, 0.1) is 5.41 Å². The number of benzene rings is 1. The molecule has 0 unspecified atom stereocenters. The molecule has 0 fully saturated rings. The number of aromatic nitrogens is 3. The summed E-state index contributed by atoms with van der Waals surface area (Å²) in [5.74, 6) is -1.59. The van der Waals surface area contributed by atoms with E-state index in [1.807, 2.05) is 7.05 Å². The molecule has 9 nitrogen and oxygen atoms in total. The number of amides is 1. The Morgan fingerprint density at radius 3 is 2.33 bits per heavy atom. The van der Waals surface area contributed by atoms with Gasteiger partial charge in [0, 0.05) is 49.6 Å². The Kier molecular flexibility index (Phi) is 8.11. The van der Waals surface area contributed by atoms with Gasteiger partial charge in [0.1, 0.15) is 5.54 Å². The van der Waals surface area contributed by atoms with E-state index < -0.39 is 22.8 Å². The molecule has 39 heavy (non-hydrogen) atoms. The van der Waals surface area contributed by atoms with Crippen molar-refractivity contribution in [2.75, 3.05) is 5.32 Å². The average Bonchev–Trinajstić information content (AvgIpc) is 3.30. The topological polar surface area (TPSA) is 126 Å². The summed E-state index contributed by atoms with van der Waals surface area (Å²) in [5, 5.41) is 17.2. The fraction of sp³-hybridized carbons (Fsp3) is 0.296. The molecule has 1 aliphatic rings. The molecule has 2 aromatic heterocycles. The smallest absolute Gasteiger partial charge is 0.329 e. The molecule has 12 heteroatoms. The van der Waals surface area contributed by atoms with E-state index in [-0.39, 0.29) is 34.2 Å². The number of halogens is 2. The standard InChI is InChI=1S/C27H27Cl2N5O4S/c1-5-27(24(37)38,33-21-20(22(35)26(21,2)3)39-25-31-10-11-34(25)4)12-15-6-8-16(9-7-15)32-23(36)19-17(28)13-30-14-18(19)29/h6-11,13-14,33H,5,12H2,1-4H3,(H,32,36)(H,37,38)/t27-/m0/s1. The van der Waals surface area contributed by atoms with Gasteiger partial charge in [0.2, 0.25) is 0 Å². The van der Waals surface area contributed by atoms with Gasteiger partial charge in [-0.3, -0.25) is 14.6 Å². The number of carboxylic acid groups (broad SMARTS) is 1. The van der Waals surface area contributed by atoms with Crippen LogP contribution < -0.4 is 10.6 Å². The summed E-state index contributed by atoms with van der Waals surface area (Å²) in [6.07, 6.45) is 6.49. The van der Waals surface area contributed by atoms with Gasteiger partial charge in [0.05, 0.1) is 25.9 Å². The molecule has 0 saturated heterocycles. The van der Waals surface area contributed by atoms with Gasteiger partial charge >= 0.3 is 5.97 Å². The van der Waals surface area contributed by atoms with Crippen LogP contribution >= 0.6 is 35.0 Å². The SMILES string of the molecule is CC[C@@](Cc1ccc(NC(=O)c2c(Cl)cncc2Cl)cc1)(NC1=C(Sc2nccn2C)C(=O)C1(C)C)C(=O)O. The number of Topliss-reactive ketones (excluding diaryl/α,β-unsaturated/α-hetero) is 1. The molecule has 0 spiro atoms. The molecule has 3 N–H and O–H groups in total. The number of carboxylic acids is 1. The number of aryl methyl sites for hydroxylation is 1. The van der Waals surface area contributed by atoms with Crippen LogP contribution in [0.1, 0.15) is 43.1 Å². The van der Waals surface area contributed by atoms with Crippen molar-refractivity contribution in [2.24, 2.45) is 12.5 Å². The molecule has 1 aromatic carbocycles. The molecule has 0 aliphatic heterocycles. The second-order valence-corrected chi connectivity index (χ2v) is 11.5. The van der Waals surface area contributed by atoms with Gasteiger partial charge in [0.25, 0.3) is 5.91 Å². The van der Waals surface area contributed by atoms with E-state index in [0.717, 1.165) is 5.56 Å². The maximum absolute atomic E-state index is 12.9. The predicted octanol–water partition coefficient (Wildman–Crippen LogP) is 5.35. The Balaban J connectivity index is 1.57. The lowest BCUT2D eigenvalue weighted by Gasteiger charge is -2.43. The molecule has 0 saturated carbocycles. The number of hydrogen-bond acceptors (Lipinski definition) is 7. The number of pyridine rings is 1. The number of nitrogens with one attached hydrogen (secondary N) is 2. The van der Waals surface area contributed by atoms with Crippen molar-refractivity contribution in [3.05, 3.63) is 80.8 Å². The Hall–Kier alpha value is -3.34. The summed E-state index contributed by atoms with van der Waals surface area (Å²) >= 11 is 13.4. The van der Waals surface area contributed by atoms with Gasteiger partial charge < -0.3 is 20.3 Å². The molecular formula is C27H27Cl2N5O4S. The number of imidazole rings is 1. The fourth-order valence-corrected chi connectivity index (χ4v) is 6.03. The molecular weight excluding hydrogens is 561 g/mol. The van der Waals surface area contributed by atoms with Crippen molar-refractivity contribution >= 4 is 58.3 Å². The van der Waals surface area contributed by atoms with Crippen LogP contribution in [0.4, 0.5) is 5.69 Å². The van der Waals surface area contributed by atoms with Gasteiger partial charge in [-0.1, -0.05) is 42.3 Å². The van der Waals surface area contributed by atoms with Crippen LogP contribution in [0.5, 0.6) is 0 Å². The van der Waals surface area contributed by atoms with Crippen molar-refractivity contribution in [1.29, 1.82) is 0 Å². The lowest BCUT2D eigenvalue weighted by Crippen LogP contribution is -2.58. The number of nitrogens with zero attached hydrogens (tertiary/aromatic N) is 3. The lowest BCUT2D eigenvalue weighted by atomic mass is 9.73. The maximum atomic E-state index is 12.9. The summed E-state index contributed by atoms with van der Waals surface area (Å²) in [6, 6.07) is 6.85. The van der Waals surface area contributed by atoms with E-state index in [0.29, 0.717) is 21.4 Å². The molecule has 1 atom stereocenters. The third kappa shape index (κ3) is 5.54. The number of ketones is 1. The zero-order chi connectivity index (χ0) is 28.5. The molecule has 1 aliphatic carbocycles. The minimum absolute atomic E-state index is 0.0668. The first kappa shape index (κ1) is 28.7. The number of allylic oxidation sites excluding steroid dienone is 2. The molecule has 1 amide bonds. The third-order valence-corrected chi connectivity index (χ3v) is 8.51. The first-order chi connectivity index (χ1) is 18.4. The number of hydrogen-bond donors (Lipinski definition) is 3. The molecule has 0 radical (unpaired) electrons. The Bertz CT molecular complexity index is 1470. The number of rotatable bonds is 10. The molecule has 3 aromatic rings. The van der Waals surface area contributed by atoms with Crippen molar-refractivity contribution < 1.29 is 19.5 Å². The summed E-state index contributed by atoms with van der Waals surface area (Å²) in [5.41, 5.74) is -0.314. The highest BCUT2D eigenvalue weighted by atomic mass is 35.5. The third-order valence-electron chi connectivity index (χ3n) is 6.77. The highest BCUT2D eigenvalue weighted by Crippen LogP contribution is 2.48. The summed E-state index contributed by atoms with van der Waals surface area (Å²) in [6.45, 7) is 5.35. The molecule has 204 valence electrons. The monoisotopic (exact) mass is 587 g/mol. The largest absolute Gasteiger partial charge is 0.479 e. The number of carbonyl (C=O) groups excluding carboxylic acids is 2. The molecule has 2 heterocycles. The fourth-order valence-electron chi connectivity index (χ4n) is 4.24. The Morgan fingerprint density at radius 2 is 1.79 bits per heavy atom. The van der Waals surface area contributed by atoms with Crippen molar-refractivity contribution in [1.82, 2.24) is 19.9 Å². The predicted molar refractivity (Wildman–Crippen MR) is 151 cm³/mol. The number of aliphatic carboxylic acids is 1. The maximum Gasteiger partial charge on any atom is 0.329 e. The highest BCUT2D eigenvalue weighted by molar-refractivity contribution is 8.04. The Morgan fingerprint density at radius 1 is 1.15 bits per heavy atom. The first-order valence-electron chi connectivity index (χ1n) is 12.0. The van der Waals surface area contributed by atoms with E-state index in [2.05, 4.69) is 20.6 Å². The van der Waals surface area contributed by atoms with Gasteiger partial charge in [0.15, 0.2) is 10.9 Å². The van der Waals surface area contributed by atoms with Gasteiger partial charge in [-0.2, -0.15) is 0 Å². The normalized spacial score (nSPS) is 15.9. The summed E-state index contributed by atoms with van der Waals surface area (Å²) in [4.78, 5) is 46.9. The van der Waals surface area contributed by atoms with Crippen molar-refractivity contribution in [2.45, 2.75) is 44.3 Å². The van der Waals surface area contributed by atoms with Gasteiger partial charge in [-0.05, 0) is 49.7 Å². The van der Waals surface area contributed by atoms with Crippen LogP contribution in [0.25, 0.3) is 0 Å². The van der Waals surface area contributed by atoms with Gasteiger partial charge in [-0.15, -0.1) is 0 Å². The Labute approximate surface area is 240 Å². The van der Waals surface area contributed by atoms with Crippen LogP contribution in [0.15, 0.2) is 64.8 Å². The van der Waals surface area contributed by atoms with E-state index in [1.165, 1.54) is 24.2 Å². The summed E-state index contributed by atoms with van der Waals surface area (Å²) in [7, 11) is 1.83. The number of thioether (sulfide) groups is 1. The van der Waals surface area contributed by atoms with E-state index in [9.17, 15) is 19.5 Å². The zero-order valence-corrected chi connectivity index (χ0v) is 24.0. The van der Waals surface area contributed by atoms with Gasteiger partial charge in [-0.25, -0.2) is 9.78 Å². The van der Waals surface area contributed by atoms with Crippen LogP contribution in [0.2, 0.25) is 10.0 Å². The number of anilines is 1. The minimum atomic E-state index is -1.37. The summed E-state index contributed by atoms with van der Waals surface area (Å²) < 4.78 is 1.80. The van der Waals surface area contributed by atoms with Crippen molar-refractivity contribution in [3.8, 4) is 0 Å². The molecule has 4 rings (SSSR count). The average molecular weight is 589 g/mol. The van der Waals surface area contributed by atoms with E-state index >= 15 is 0 Å². The first-order valence-corrected chi connectivity index (χ1v) is 13.6. The van der Waals surface area contributed by atoms with Crippen LogP contribution in [0.3, 0.4) is 0 Å². The van der Waals surface area contributed by atoms with Crippen LogP contribution in [-0.2, 0) is 23.1 Å². The second-order valence-electron chi connectivity index (χ2n) is 9.75. The van der Waals surface area contributed by atoms with E-state index in [1.54, 1.807) is 62.0 Å². The minimum Gasteiger partial charge on any atom is -0.479 e. The second kappa shape index (κ2) is 11.0. The van der Waals surface area contributed by atoms with Crippen LogP contribution in [-0.4, -0.2) is 42.8 Å². The van der Waals surface area contributed by atoms with E-state index in [4.69, 9.17) is 23.2 Å². The molecule has 0 bridgehead atoms. The number of carbonyl (C=O) groups is 3. The quantitative estimate of drug-likeness (QED) is 0.289.